The Hall–Kier alpha value is -1.66. The first-order valence-corrected chi connectivity index (χ1v) is 32.6. The van der Waals surface area contributed by atoms with Crippen LogP contribution in [0.4, 0.5) is 0 Å². The van der Waals surface area contributed by atoms with Crippen LogP contribution >= 0.6 is 0 Å². The number of amides is 1. The van der Waals surface area contributed by atoms with Crippen LogP contribution < -0.4 is 5.32 Å². The third-order valence-corrected chi connectivity index (χ3v) is 15.3. The largest absolute Gasteiger partial charge is 0.466 e. The summed E-state index contributed by atoms with van der Waals surface area (Å²) in [5.74, 6) is -0.0221. The summed E-state index contributed by atoms with van der Waals surface area (Å²) in [5, 5.41) is 23.2. The van der Waals surface area contributed by atoms with Crippen molar-refractivity contribution in [3.8, 4) is 0 Å². The maximum absolute atomic E-state index is 12.5. The molecule has 0 aliphatic rings. The lowest BCUT2D eigenvalue weighted by atomic mass is 10.0. The highest BCUT2D eigenvalue weighted by molar-refractivity contribution is 5.76. The van der Waals surface area contributed by atoms with Crippen molar-refractivity contribution in [2.45, 2.75) is 373 Å². The van der Waals surface area contributed by atoms with Gasteiger partial charge in [0.25, 0.3) is 0 Å². The van der Waals surface area contributed by atoms with E-state index in [0.29, 0.717) is 25.9 Å². The molecule has 0 saturated carbocycles. The summed E-state index contributed by atoms with van der Waals surface area (Å²) in [5.41, 5.74) is 0. The lowest BCUT2D eigenvalue weighted by Gasteiger charge is -2.22. The van der Waals surface area contributed by atoms with Crippen LogP contribution in [0.25, 0.3) is 0 Å². The zero-order chi connectivity index (χ0) is 52.2. The lowest BCUT2D eigenvalue weighted by molar-refractivity contribution is -0.143. The van der Waals surface area contributed by atoms with Crippen LogP contribution in [0, 0.1) is 0 Å². The molecule has 0 rings (SSSR count). The molecule has 0 radical (unpaired) electrons. The number of ether oxygens (including phenoxy) is 1. The van der Waals surface area contributed by atoms with Crippen LogP contribution in [0.1, 0.15) is 361 Å². The fraction of sp³-hybridized carbons (Fsp3) is 0.909. The van der Waals surface area contributed by atoms with Gasteiger partial charge in [-0.1, -0.05) is 314 Å². The van der Waals surface area contributed by atoms with Gasteiger partial charge in [0, 0.05) is 12.8 Å². The second-order valence-corrected chi connectivity index (χ2v) is 22.5. The van der Waals surface area contributed by atoms with Crippen LogP contribution in [-0.4, -0.2) is 47.4 Å². The Balaban J connectivity index is 3.33. The van der Waals surface area contributed by atoms with E-state index in [1.165, 1.54) is 276 Å². The average Bonchev–Trinajstić information content (AvgIpc) is 3.38. The number of unbranched alkanes of at least 4 members (excludes halogenated alkanes) is 46. The minimum absolute atomic E-state index is 0.0103. The monoisotopic (exact) mass is 1010 g/mol. The minimum Gasteiger partial charge on any atom is -0.466 e. The van der Waals surface area contributed by atoms with Crippen LogP contribution in [0.3, 0.4) is 0 Å². The Morgan fingerprint density at radius 3 is 1.07 bits per heavy atom. The van der Waals surface area contributed by atoms with E-state index in [9.17, 15) is 19.8 Å². The fourth-order valence-electron chi connectivity index (χ4n) is 10.3. The third-order valence-electron chi connectivity index (χ3n) is 15.3. The topological polar surface area (TPSA) is 95.9 Å². The van der Waals surface area contributed by atoms with Crippen LogP contribution in [0.15, 0.2) is 24.3 Å². The summed E-state index contributed by atoms with van der Waals surface area (Å²) in [4.78, 5) is 24.5. The van der Waals surface area contributed by atoms with Gasteiger partial charge in [0.1, 0.15) is 0 Å². The second-order valence-electron chi connectivity index (χ2n) is 22.5. The Labute approximate surface area is 450 Å². The molecule has 0 heterocycles. The van der Waals surface area contributed by atoms with E-state index in [1.54, 1.807) is 0 Å². The van der Waals surface area contributed by atoms with Crippen LogP contribution in [0.2, 0.25) is 0 Å². The van der Waals surface area contributed by atoms with Gasteiger partial charge in [0.2, 0.25) is 5.91 Å². The molecule has 6 heteroatoms. The molecule has 72 heavy (non-hydrogen) atoms. The standard InChI is InChI=1S/C66H127NO5/c1-3-5-7-9-11-13-15-16-17-18-30-33-36-40-44-48-52-56-60-66(71)72-61-57-53-49-45-41-37-34-31-28-26-24-22-20-19-21-23-25-27-29-32-35-39-43-47-51-55-59-65(70)67-63(62-68)64(69)58-54-50-46-42-38-14-12-10-8-6-4-2/h13,15,17-18,63-64,68-69H,3-12,14,16,19-62H2,1-2H3,(H,67,70)/b15-13-,18-17-. The number of hydrogen-bond donors (Lipinski definition) is 3. The van der Waals surface area contributed by atoms with Crippen molar-refractivity contribution in [2.75, 3.05) is 13.2 Å². The maximum Gasteiger partial charge on any atom is 0.305 e. The summed E-state index contributed by atoms with van der Waals surface area (Å²) in [6.07, 6.45) is 76.4. The van der Waals surface area contributed by atoms with E-state index in [2.05, 4.69) is 43.5 Å². The van der Waals surface area contributed by atoms with E-state index in [4.69, 9.17) is 4.74 Å². The van der Waals surface area contributed by atoms with E-state index < -0.39 is 12.1 Å². The molecular formula is C66H127NO5. The number of rotatable bonds is 61. The fourth-order valence-corrected chi connectivity index (χ4v) is 10.3. The van der Waals surface area contributed by atoms with Crippen molar-refractivity contribution in [3.63, 3.8) is 0 Å². The number of esters is 1. The molecule has 0 spiro atoms. The first-order valence-electron chi connectivity index (χ1n) is 32.6. The molecule has 6 nitrogen and oxygen atoms in total. The van der Waals surface area contributed by atoms with Gasteiger partial charge in [-0.3, -0.25) is 9.59 Å². The van der Waals surface area contributed by atoms with Crippen molar-refractivity contribution in [3.05, 3.63) is 24.3 Å². The SMILES string of the molecule is CCCCCC/C=C\C/C=C\CCCCCCCCCC(=O)OCCCCCCCCCCCCCCCCCCCCCCCCCCCCC(=O)NC(CO)C(O)CCCCCCCCCCCCC. The Bertz CT molecular complexity index is 1120. The van der Waals surface area contributed by atoms with E-state index >= 15 is 0 Å². The quantitative estimate of drug-likeness (QED) is 0.0320. The average molecular weight is 1010 g/mol. The highest BCUT2D eigenvalue weighted by Crippen LogP contribution is 2.18. The Morgan fingerprint density at radius 1 is 0.389 bits per heavy atom. The molecule has 0 aliphatic carbocycles. The highest BCUT2D eigenvalue weighted by atomic mass is 16.5. The van der Waals surface area contributed by atoms with Crippen molar-refractivity contribution in [1.82, 2.24) is 5.32 Å². The van der Waals surface area contributed by atoms with Gasteiger partial charge in [0.15, 0.2) is 0 Å². The Morgan fingerprint density at radius 2 is 0.694 bits per heavy atom. The van der Waals surface area contributed by atoms with Crippen molar-refractivity contribution in [2.24, 2.45) is 0 Å². The lowest BCUT2D eigenvalue weighted by Crippen LogP contribution is -2.45. The number of carbonyl (C=O) groups is 2. The molecule has 0 aliphatic heterocycles. The van der Waals surface area contributed by atoms with Gasteiger partial charge in [-0.15, -0.1) is 0 Å². The van der Waals surface area contributed by atoms with Crippen LogP contribution in [0.5, 0.6) is 0 Å². The maximum atomic E-state index is 12.5. The minimum atomic E-state index is -0.661. The van der Waals surface area contributed by atoms with Crippen molar-refractivity contribution < 1.29 is 24.5 Å². The number of aliphatic hydroxyl groups is 2. The molecule has 3 N–H and O–H groups in total. The summed E-state index contributed by atoms with van der Waals surface area (Å²) in [6.45, 7) is 4.95. The van der Waals surface area contributed by atoms with Crippen molar-refractivity contribution in [1.29, 1.82) is 0 Å². The summed E-state index contributed by atoms with van der Waals surface area (Å²) in [6, 6.07) is -0.538. The summed E-state index contributed by atoms with van der Waals surface area (Å²) >= 11 is 0. The van der Waals surface area contributed by atoms with E-state index in [1.807, 2.05) is 0 Å². The number of aliphatic hydroxyl groups excluding tert-OH is 2. The zero-order valence-electron chi connectivity index (χ0n) is 48.7. The molecule has 0 aromatic carbocycles. The first-order chi connectivity index (χ1) is 35.5. The molecule has 0 aromatic rings. The zero-order valence-corrected chi connectivity index (χ0v) is 48.7. The predicted octanol–water partition coefficient (Wildman–Crippen LogP) is 20.6. The smallest absolute Gasteiger partial charge is 0.305 e. The summed E-state index contributed by atoms with van der Waals surface area (Å²) < 4.78 is 5.50. The first kappa shape index (κ1) is 70.3. The Kier molecular flexibility index (Phi) is 60.5. The van der Waals surface area contributed by atoms with Crippen LogP contribution in [-0.2, 0) is 14.3 Å². The highest BCUT2D eigenvalue weighted by Gasteiger charge is 2.20. The molecule has 0 saturated heterocycles. The number of allylic oxidation sites excluding steroid dienone is 4. The molecule has 1 amide bonds. The van der Waals surface area contributed by atoms with Gasteiger partial charge in [-0.2, -0.15) is 0 Å². The van der Waals surface area contributed by atoms with Crippen molar-refractivity contribution >= 4 is 11.9 Å². The molecule has 0 aromatic heterocycles. The predicted molar refractivity (Wildman–Crippen MR) is 315 cm³/mol. The second kappa shape index (κ2) is 61.9. The van der Waals surface area contributed by atoms with Gasteiger partial charge in [-0.05, 0) is 57.8 Å². The van der Waals surface area contributed by atoms with Gasteiger partial charge in [0.05, 0.1) is 25.4 Å². The number of nitrogens with one attached hydrogen (secondary N) is 1. The molecule has 426 valence electrons. The van der Waals surface area contributed by atoms with E-state index in [-0.39, 0.29) is 18.5 Å². The molecule has 2 atom stereocenters. The van der Waals surface area contributed by atoms with Gasteiger partial charge < -0.3 is 20.3 Å². The molecular weight excluding hydrogens is 887 g/mol. The number of carbonyl (C=O) groups excluding carboxylic acids is 2. The normalized spacial score (nSPS) is 12.7. The number of hydrogen-bond acceptors (Lipinski definition) is 5. The van der Waals surface area contributed by atoms with Gasteiger partial charge >= 0.3 is 5.97 Å². The third kappa shape index (κ3) is 57.6. The van der Waals surface area contributed by atoms with E-state index in [0.717, 1.165) is 51.4 Å². The molecule has 2 unspecified atom stereocenters. The molecule has 0 fully saturated rings. The summed E-state index contributed by atoms with van der Waals surface area (Å²) in [7, 11) is 0. The van der Waals surface area contributed by atoms with Gasteiger partial charge in [-0.25, -0.2) is 0 Å². The molecule has 0 bridgehead atoms.